The number of hydrogen-bond donors (Lipinski definition) is 0. The van der Waals surface area contributed by atoms with Crippen LogP contribution < -0.4 is 4.80 Å². The molecule has 0 unspecified atom stereocenters. The number of nitrogens with zero attached hydrogens (tertiary/aromatic N) is 3. The summed E-state index contributed by atoms with van der Waals surface area (Å²) in [6.45, 7) is 7.66. The quantitative estimate of drug-likeness (QED) is 0.399. The monoisotopic (exact) mass is 505 g/mol. The molecule has 0 aliphatic carbocycles. The normalized spacial score (nSPS) is 14.9. The van der Waals surface area contributed by atoms with E-state index in [-0.39, 0.29) is 10.8 Å². The maximum Gasteiger partial charge on any atom is 0.279 e. The Bertz CT molecular complexity index is 1610. The second-order valence-electron chi connectivity index (χ2n) is 8.80. The van der Waals surface area contributed by atoms with Gasteiger partial charge in [-0.25, -0.2) is 8.42 Å². The van der Waals surface area contributed by atoms with Gasteiger partial charge < -0.3 is 4.57 Å². The molecule has 0 N–H and O–H groups in total. The number of amides is 1. The minimum absolute atomic E-state index is 0.185. The first-order chi connectivity index (χ1) is 16.8. The molecule has 0 bridgehead atoms. The number of hydrogen-bond acceptors (Lipinski definition) is 4. The van der Waals surface area contributed by atoms with Crippen molar-refractivity contribution in [2.75, 3.05) is 6.54 Å². The molecule has 0 saturated heterocycles. The van der Waals surface area contributed by atoms with Crippen LogP contribution in [0.5, 0.6) is 0 Å². The third-order valence-electron chi connectivity index (χ3n) is 6.57. The van der Waals surface area contributed by atoms with Crippen LogP contribution in [-0.2, 0) is 29.5 Å². The second-order valence-corrected chi connectivity index (χ2v) is 11.7. The van der Waals surface area contributed by atoms with E-state index in [1.54, 1.807) is 12.1 Å². The van der Waals surface area contributed by atoms with Crippen molar-refractivity contribution < 1.29 is 13.2 Å². The Kier molecular flexibility index (Phi) is 6.21. The van der Waals surface area contributed by atoms with Gasteiger partial charge in [0.15, 0.2) is 4.80 Å². The largest absolute Gasteiger partial charge is 0.316 e. The number of benzene rings is 3. The van der Waals surface area contributed by atoms with Crippen molar-refractivity contribution >= 4 is 37.5 Å². The highest BCUT2D eigenvalue weighted by Crippen LogP contribution is 2.26. The van der Waals surface area contributed by atoms with Crippen molar-refractivity contribution in [3.05, 3.63) is 93.3 Å². The van der Waals surface area contributed by atoms with Crippen LogP contribution >= 0.6 is 11.3 Å². The lowest BCUT2D eigenvalue weighted by atomic mass is 10.0. The summed E-state index contributed by atoms with van der Waals surface area (Å²) in [6, 6.07) is 18.2. The van der Waals surface area contributed by atoms with Gasteiger partial charge in [0.05, 0.1) is 15.1 Å². The SMILES string of the molecule is CCn1c(=NC(=O)c2ccc(S(=O)(=O)N3CCc4ccccc4C3)cc2)sc2c(C)ccc(C)c21. The molecule has 2 heterocycles. The molecular formula is C27H27N3O3S2. The Morgan fingerprint density at radius 3 is 2.37 bits per heavy atom. The number of carbonyl (C=O) groups is 1. The summed E-state index contributed by atoms with van der Waals surface area (Å²) in [5.41, 5.74) is 5.99. The van der Waals surface area contributed by atoms with Crippen molar-refractivity contribution in [3.63, 3.8) is 0 Å². The van der Waals surface area contributed by atoms with E-state index in [0.29, 0.717) is 36.4 Å². The number of aryl methyl sites for hydroxylation is 3. The van der Waals surface area contributed by atoms with Crippen molar-refractivity contribution in [2.45, 2.75) is 45.2 Å². The lowest BCUT2D eigenvalue weighted by molar-refractivity contribution is 0.0997. The van der Waals surface area contributed by atoms with E-state index in [2.05, 4.69) is 35.5 Å². The number of fused-ring (bicyclic) bond motifs is 2. The Morgan fingerprint density at radius 2 is 1.66 bits per heavy atom. The number of aromatic nitrogens is 1. The molecule has 8 heteroatoms. The van der Waals surface area contributed by atoms with Gasteiger partial charge in [-0.05, 0) is 73.7 Å². The molecule has 0 radical (unpaired) electrons. The van der Waals surface area contributed by atoms with Gasteiger partial charge in [-0.2, -0.15) is 9.30 Å². The lowest BCUT2D eigenvalue weighted by Gasteiger charge is -2.28. The Hall–Kier alpha value is -3.07. The number of carbonyl (C=O) groups excluding carboxylic acids is 1. The predicted molar refractivity (Wildman–Crippen MR) is 139 cm³/mol. The first-order valence-corrected chi connectivity index (χ1v) is 13.9. The van der Waals surface area contributed by atoms with E-state index in [4.69, 9.17) is 0 Å². The highest BCUT2D eigenvalue weighted by molar-refractivity contribution is 7.89. The maximum atomic E-state index is 13.2. The molecule has 1 aliphatic rings. The Balaban J connectivity index is 1.44. The summed E-state index contributed by atoms with van der Waals surface area (Å²) >= 11 is 1.51. The Morgan fingerprint density at radius 1 is 0.971 bits per heavy atom. The summed E-state index contributed by atoms with van der Waals surface area (Å²) < 4.78 is 31.2. The van der Waals surface area contributed by atoms with Gasteiger partial charge in [-0.15, -0.1) is 0 Å². The predicted octanol–water partition coefficient (Wildman–Crippen LogP) is 4.83. The molecule has 3 aromatic carbocycles. The fourth-order valence-corrected chi connectivity index (χ4v) is 7.26. The molecule has 4 aromatic rings. The van der Waals surface area contributed by atoms with Crippen molar-refractivity contribution in [3.8, 4) is 0 Å². The van der Waals surface area contributed by atoms with Gasteiger partial charge in [-0.1, -0.05) is 47.7 Å². The summed E-state index contributed by atoms with van der Waals surface area (Å²) in [4.78, 5) is 18.2. The van der Waals surface area contributed by atoms with Crippen molar-refractivity contribution in [1.29, 1.82) is 0 Å². The average Bonchev–Trinajstić information content (AvgIpc) is 3.25. The van der Waals surface area contributed by atoms with Gasteiger partial charge in [-0.3, -0.25) is 4.79 Å². The van der Waals surface area contributed by atoms with Crippen LogP contribution in [0.2, 0.25) is 0 Å². The topological polar surface area (TPSA) is 71.7 Å². The third-order valence-corrected chi connectivity index (χ3v) is 9.65. The standard InChI is InChI=1S/C27H27N3O3S2/c1-4-30-24-18(2)9-10-19(3)25(24)34-27(30)28-26(31)21-11-13-23(14-12-21)35(32,33)29-16-15-20-7-5-6-8-22(20)17-29/h5-14H,4,15-17H2,1-3H3. The van der Waals surface area contributed by atoms with Crippen molar-refractivity contribution in [1.82, 2.24) is 8.87 Å². The number of rotatable bonds is 4. The van der Waals surface area contributed by atoms with Crippen LogP contribution in [-0.4, -0.2) is 29.7 Å². The summed E-state index contributed by atoms with van der Waals surface area (Å²) in [6.07, 6.45) is 0.691. The van der Waals surface area contributed by atoms with Gasteiger partial charge in [0, 0.05) is 25.2 Å². The number of sulfonamides is 1. The summed E-state index contributed by atoms with van der Waals surface area (Å²) in [5.74, 6) is -0.384. The van der Waals surface area contributed by atoms with Crippen LogP contribution in [0.3, 0.4) is 0 Å². The molecule has 1 aromatic heterocycles. The molecule has 0 atom stereocenters. The van der Waals surface area contributed by atoms with E-state index < -0.39 is 10.0 Å². The first-order valence-electron chi connectivity index (χ1n) is 11.6. The first kappa shape index (κ1) is 23.7. The van der Waals surface area contributed by atoms with Gasteiger partial charge in [0.1, 0.15) is 0 Å². The molecule has 35 heavy (non-hydrogen) atoms. The molecule has 5 rings (SSSR count). The molecule has 0 saturated carbocycles. The number of thiazole rings is 1. The highest BCUT2D eigenvalue weighted by atomic mass is 32.2. The molecular weight excluding hydrogens is 478 g/mol. The molecule has 0 fully saturated rings. The molecule has 1 aliphatic heterocycles. The van der Waals surface area contributed by atoms with Gasteiger partial charge >= 0.3 is 0 Å². The summed E-state index contributed by atoms with van der Waals surface area (Å²) in [5, 5.41) is 0. The van der Waals surface area contributed by atoms with Gasteiger partial charge in [0.25, 0.3) is 5.91 Å². The molecule has 0 spiro atoms. The minimum Gasteiger partial charge on any atom is -0.316 e. The third kappa shape index (κ3) is 4.26. The zero-order valence-corrected chi connectivity index (χ0v) is 21.6. The fourth-order valence-electron chi connectivity index (χ4n) is 4.60. The zero-order chi connectivity index (χ0) is 24.7. The smallest absolute Gasteiger partial charge is 0.279 e. The second kappa shape index (κ2) is 9.18. The molecule has 6 nitrogen and oxygen atoms in total. The van der Waals surface area contributed by atoms with Crippen LogP contribution in [0.25, 0.3) is 10.2 Å². The van der Waals surface area contributed by atoms with Crippen LogP contribution in [0, 0.1) is 13.8 Å². The van der Waals surface area contributed by atoms with E-state index in [9.17, 15) is 13.2 Å². The highest BCUT2D eigenvalue weighted by Gasteiger charge is 2.28. The van der Waals surface area contributed by atoms with Crippen LogP contribution in [0.15, 0.2) is 70.6 Å². The van der Waals surface area contributed by atoms with E-state index in [1.807, 2.05) is 31.2 Å². The van der Waals surface area contributed by atoms with Crippen LogP contribution in [0.4, 0.5) is 0 Å². The minimum atomic E-state index is -3.65. The zero-order valence-electron chi connectivity index (χ0n) is 20.0. The van der Waals surface area contributed by atoms with E-state index in [0.717, 1.165) is 26.9 Å². The van der Waals surface area contributed by atoms with E-state index in [1.165, 1.54) is 33.3 Å². The fraction of sp³-hybridized carbons (Fsp3) is 0.259. The van der Waals surface area contributed by atoms with Crippen LogP contribution in [0.1, 0.15) is 39.5 Å². The maximum absolute atomic E-state index is 13.2. The molecule has 1 amide bonds. The lowest BCUT2D eigenvalue weighted by Crippen LogP contribution is -2.35. The Labute approximate surface area is 209 Å². The molecule has 180 valence electrons. The van der Waals surface area contributed by atoms with E-state index >= 15 is 0 Å². The van der Waals surface area contributed by atoms with Gasteiger partial charge in [0.2, 0.25) is 10.0 Å². The summed E-state index contributed by atoms with van der Waals surface area (Å²) in [7, 11) is -3.65. The average molecular weight is 506 g/mol. The van der Waals surface area contributed by atoms with Crippen molar-refractivity contribution in [2.24, 2.45) is 4.99 Å².